The van der Waals surface area contributed by atoms with E-state index in [4.69, 9.17) is 15.3 Å². The predicted octanol–water partition coefficient (Wildman–Crippen LogP) is 4.12. The van der Waals surface area contributed by atoms with E-state index >= 15 is 0 Å². The van der Waals surface area contributed by atoms with Crippen LogP contribution in [0.2, 0.25) is 0 Å². The van der Waals surface area contributed by atoms with Crippen LogP contribution in [0.4, 0.5) is 57.1 Å². The van der Waals surface area contributed by atoms with Crippen molar-refractivity contribution < 1.29 is 77.2 Å². The molecule has 0 spiro atoms. The second-order valence-electron chi connectivity index (χ2n) is 5.42. The molecule has 1 atom stereocenters. The maximum Gasteiger partial charge on any atom is 0.460 e. The number of alkyl halides is 13. The molecule has 0 aromatic carbocycles. The lowest BCUT2D eigenvalue weighted by atomic mass is 9.91. The van der Waals surface area contributed by atoms with Crippen LogP contribution in [0.1, 0.15) is 12.8 Å². The summed E-state index contributed by atoms with van der Waals surface area (Å²) in [7, 11) is 0. The van der Waals surface area contributed by atoms with Gasteiger partial charge in [-0.25, -0.2) is 4.79 Å². The standard InChI is InChI=1S/C10H9F13O2.C3H4O2/c11-5(12,2-1-4(25)3-24)6(13,14)7(15,16)8(17,18)9(19,20)10(21,22)23;1-2-3(4)5/h4,24-25H,1-3H2;2H,1H2,(H,4,5). The zero-order valence-electron chi connectivity index (χ0n) is 14.1. The quantitative estimate of drug-likeness (QED) is 0.343. The normalized spacial score (nSPS) is 15.2. The summed E-state index contributed by atoms with van der Waals surface area (Å²) in [6.07, 6.45) is -12.9. The first kappa shape index (κ1) is 30.4. The van der Waals surface area contributed by atoms with Crippen LogP contribution >= 0.6 is 0 Å². The Morgan fingerprint density at radius 1 is 0.800 bits per heavy atom. The van der Waals surface area contributed by atoms with Gasteiger partial charge in [-0.15, -0.1) is 0 Å². The fourth-order valence-electron chi connectivity index (χ4n) is 1.40. The summed E-state index contributed by atoms with van der Waals surface area (Å²) in [5.74, 6) is -38.1. The Kier molecular flexibility index (Phi) is 9.70. The van der Waals surface area contributed by atoms with Gasteiger partial charge in [-0.3, -0.25) is 0 Å². The first-order chi connectivity index (χ1) is 13.0. The molecule has 0 aliphatic heterocycles. The number of hydrogen-bond donors (Lipinski definition) is 3. The molecule has 0 saturated carbocycles. The van der Waals surface area contributed by atoms with Crippen LogP contribution in [-0.4, -0.2) is 69.8 Å². The molecule has 3 N–H and O–H groups in total. The average molecular weight is 480 g/mol. The average Bonchev–Trinajstić information content (AvgIpc) is 2.58. The third-order valence-corrected chi connectivity index (χ3v) is 3.18. The van der Waals surface area contributed by atoms with Crippen molar-refractivity contribution >= 4 is 5.97 Å². The molecule has 0 heterocycles. The van der Waals surface area contributed by atoms with Crippen molar-refractivity contribution in [2.24, 2.45) is 0 Å². The molecule has 1 unspecified atom stereocenters. The molecule has 0 aliphatic rings. The molecule has 0 aliphatic carbocycles. The lowest BCUT2D eigenvalue weighted by Crippen LogP contribution is -2.70. The summed E-state index contributed by atoms with van der Waals surface area (Å²) in [6, 6.07) is 0. The van der Waals surface area contributed by atoms with Gasteiger partial charge in [0, 0.05) is 12.5 Å². The van der Waals surface area contributed by atoms with E-state index in [0.717, 1.165) is 6.08 Å². The first-order valence-electron chi connectivity index (χ1n) is 7.08. The number of carbonyl (C=O) groups is 1. The Bertz CT molecular complexity index is 586. The minimum absolute atomic E-state index is 0.833. The van der Waals surface area contributed by atoms with Gasteiger partial charge < -0.3 is 15.3 Å². The van der Waals surface area contributed by atoms with Crippen LogP contribution in [0.15, 0.2) is 12.7 Å². The van der Waals surface area contributed by atoms with Crippen molar-refractivity contribution in [3.05, 3.63) is 12.7 Å². The Hall–Kier alpha value is -1.78. The Balaban J connectivity index is 0. The fourth-order valence-corrected chi connectivity index (χ4v) is 1.40. The molecule has 4 nitrogen and oxygen atoms in total. The van der Waals surface area contributed by atoms with Crippen LogP contribution in [0.3, 0.4) is 0 Å². The van der Waals surface area contributed by atoms with E-state index in [0.29, 0.717) is 0 Å². The summed E-state index contributed by atoms with van der Waals surface area (Å²) >= 11 is 0. The summed E-state index contributed by atoms with van der Waals surface area (Å²) in [5.41, 5.74) is 0. The lowest BCUT2D eigenvalue weighted by Gasteiger charge is -2.39. The molecule has 0 aromatic heterocycles. The molecule has 0 bridgehead atoms. The third-order valence-electron chi connectivity index (χ3n) is 3.18. The number of carboxylic acid groups (broad SMARTS) is 1. The maximum atomic E-state index is 13.1. The number of hydrogen-bond acceptors (Lipinski definition) is 3. The SMILES string of the molecule is C=CC(=O)O.OCC(O)CCC(F)(F)C(F)(F)C(F)(F)C(F)(F)C(F)(F)C(F)(F)F. The van der Waals surface area contributed by atoms with E-state index in [9.17, 15) is 61.9 Å². The zero-order valence-corrected chi connectivity index (χ0v) is 14.1. The van der Waals surface area contributed by atoms with Crippen molar-refractivity contribution in [2.45, 2.75) is 54.7 Å². The zero-order chi connectivity index (χ0) is 25.0. The molecule has 0 rings (SSSR count). The molecular weight excluding hydrogens is 467 g/mol. The molecule has 0 saturated heterocycles. The van der Waals surface area contributed by atoms with Crippen molar-refractivity contribution in [3.63, 3.8) is 0 Å². The van der Waals surface area contributed by atoms with Crippen molar-refractivity contribution in [1.29, 1.82) is 0 Å². The second-order valence-corrected chi connectivity index (χ2v) is 5.42. The minimum Gasteiger partial charge on any atom is -0.478 e. The van der Waals surface area contributed by atoms with Gasteiger partial charge in [0.2, 0.25) is 0 Å². The van der Waals surface area contributed by atoms with Gasteiger partial charge in [-0.05, 0) is 6.42 Å². The van der Waals surface area contributed by atoms with Crippen LogP contribution in [0, 0.1) is 0 Å². The number of aliphatic carboxylic acids is 1. The molecule has 0 radical (unpaired) electrons. The van der Waals surface area contributed by atoms with Crippen LogP contribution in [0.5, 0.6) is 0 Å². The predicted molar refractivity (Wildman–Crippen MR) is 70.9 cm³/mol. The number of carboxylic acids is 1. The van der Waals surface area contributed by atoms with Crippen molar-refractivity contribution in [2.75, 3.05) is 6.61 Å². The van der Waals surface area contributed by atoms with E-state index in [1.165, 1.54) is 0 Å². The van der Waals surface area contributed by atoms with Gasteiger partial charge in [0.15, 0.2) is 0 Å². The van der Waals surface area contributed by atoms with Gasteiger partial charge >= 0.3 is 41.8 Å². The summed E-state index contributed by atoms with van der Waals surface area (Å²) in [4.78, 5) is 9.25. The molecule has 180 valence electrons. The Morgan fingerprint density at radius 2 is 1.13 bits per heavy atom. The smallest absolute Gasteiger partial charge is 0.460 e. The lowest BCUT2D eigenvalue weighted by molar-refractivity contribution is -0.440. The number of rotatable bonds is 9. The van der Waals surface area contributed by atoms with Crippen molar-refractivity contribution in [3.8, 4) is 0 Å². The molecule has 0 fully saturated rings. The third kappa shape index (κ3) is 5.89. The van der Waals surface area contributed by atoms with Crippen LogP contribution in [-0.2, 0) is 4.79 Å². The highest BCUT2D eigenvalue weighted by molar-refractivity contribution is 5.78. The number of halogens is 13. The minimum atomic E-state index is -7.93. The van der Waals surface area contributed by atoms with Gasteiger partial charge in [0.05, 0.1) is 12.7 Å². The van der Waals surface area contributed by atoms with E-state index in [2.05, 4.69) is 6.58 Å². The molecular formula is C13H13F13O4. The number of aliphatic hydroxyl groups is 2. The van der Waals surface area contributed by atoms with Gasteiger partial charge in [-0.2, -0.15) is 57.1 Å². The highest BCUT2D eigenvalue weighted by Crippen LogP contribution is 2.60. The van der Waals surface area contributed by atoms with Gasteiger partial charge in [0.1, 0.15) is 0 Å². The Morgan fingerprint density at radius 3 is 1.40 bits per heavy atom. The van der Waals surface area contributed by atoms with Gasteiger partial charge in [-0.1, -0.05) is 6.58 Å². The highest BCUT2D eigenvalue weighted by Gasteiger charge is 2.90. The molecule has 17 heteroatoms. The largest absolute Gasteiger partial charge is 0.478 e. The summed E-state index contributed by atoms with van der Waals surface area (Å²) in [5, 5.41) is 24.5. The first-order valence-corrected chi connectivity index (χ1v) is 7.08. The second kappa shape index (κ2) is 9.57. The monoisotopic (exact) mass is 480 g/mol. The van der Waals surface area contributed by atoms with Crippen molar-refractivity contribution in [1.82, 2.24) is 0 Å². The summed E-state index contributed by atoms with van der Waals surface area (Å²) in [6.45, 7) is 1.63. The van der Waals surface area contributed by atoms with Crippen LogP contribution in [0.25, 0.3) is 0 Å². The highest BCUT2D eigenvalue weighted by atomic mass is 19.4. The fraction of sp³-hybridized carbons (Fsp3) is 0.769. The van der Waals surface area contributed by atoms with Crippen LogP contribution < -0.4 is 0 Å². The van der Waals surface area contributed by atoms with Gasteiger partial charge in [0.25, 0.3) is 0 Å². The molecule has 0 amide bonds. The van der Waals surface area contributed by atoms with E-state index in [-0.39, 0.29) is 0 Å². The summed E-state index contributed by atoms with van der Waals surface area (Å²) < 4.78 is 165. The Labute approximate surface area is 158 Å². The number of aliphatic hydroxyl groups excluding tert-OH is 2. The van der Waals surface area contributed by atoms with E-state index in [1.807, 2.05) is 0 Å². The van der Waals surface area contributed by atoms with E-state index in [1.54, 1.807) is 0 Å². The topological polar surface area (TPSA) is 77.8 Å². The molecule has 0 aromatic rings. The van der Waals surface area contributed by atoms with E-state index < -0.39 is 67.3 Å². The maximum absolute atomic E-state index is 13.1. The molecule has 30 heavy (non-hydrogen) atoms.